The molecule has 3 aromatic heterocycles. The minimum Gasteiger partial charge on any atom is -0.322 e. The summed E-state index contributed by atoms with van der Waals surface area (Å²) in [5.41, 5.74) is 4.41. The first-order valence-electron chi connectivity index (χ1n) is 10.4. The largest absolute Gasteiger partial charge is 0.322 e. The van der Waals surface area contributed by atoms with Crippen LogP contribution >= 0.6 is 0 Å². The second-order valence-electron chi connectivity index (χ2n) is 7.69. The average molecular weight is 446 g/mol. The van der Waals surface area contributed by atoms with Crippen molar-refractivity contribution in [2.45, 2.75) is 0 Å². The van der Waals surface area contributed by atoms with Crippen LogP contribution in [0.25, 0.3) is 43.9 Å². The highest BCUT2D eigenvalue weighted by Crippen LogP contribution is 2.31. The van der Waals surface area contributed by atoms with E-state index < -0.39 is 10.8 Å². The summed E-state index contributed by atoms with van der Waals surface area (Å²) in [7, 11) is 0. The zero-order valence-electron chi connectivity index (χ0n) is 17.5. The Labute approximate surface area is 191 Å². The monoisotopic (exact) mass is 446 g/mol. The Morgan fingerprint density at radius 1 is 0.765 bits per heavy atom. The molecular formula is C25H14N6O3. The van der Waals surface area contributed by atoms with Crippen molar-refractivity contribution >= 4 is 61.2 Å². The molecule has 162 valence electrons. The number of carbonyl (C=O) groups is 1. The minimum absolute atomic E-state index is 0.103. The second-order valence-corrected chi connectivity index (χ2v) is 7.69. The number of amides is 1. The van der Waals surface area contributed by atoms with Crippen molar-refractivity contribution in [2.75, 3.05) is 5.32 Å². The van der Waals surface area contributed by atoms with Crippen LogP contribution in [0, 0.1) is 10.1 Å². The van der Waals surface area contributed by atoms with Crippen molar-refractivity contribution < 1.29 is 9.72 Å². The number of nitrogens with zero attached hydrogens (tertiary/aromatic N) is 5. The van der Waals surface area contributed by atoms with Crippen molar-refractivity contribution in [3.05, 3.63) is 94.8 Å². The van der Waals surface area contributed by atoms with E-state index in [4.69, 9.17) is 9.97 Å². The van der Waals surface area contributed by atoms with Crippen molar-refractivity contribution in [1.82, 2.24) is 19.9 Å². The molecule has 3 heterocycles. The summed E-state index contributed by atoms with van der Waals surface area (Å²) in [6, 6.07) is 18.5. The van der Waals surface area contributed by atoms with Gasteiger partial charge in [0.2, 0.25) is 0 Å². The van der Waals surface area contributed by atoms with Crippen LogP contribution in [-0.2, 0) is 0 Å². The van der Waals surface area contributed by atoms with Crippen molar-refractivity contribution in [3.63, 3.8) is 0 Å². The number of non-ortho nitro benzene ring substituents is 1. The van der Waals surface area contributed by atoms with Gasteiger partial charge in [0.25, 0.3) is 11.6 Å². The first-order chi connectivity index (χ1) is 16.6. The molecule has 0 saturated heterocycles. The quantitative estimate of drug-likeness (QED) is 0.175. The molecule has 0 bridgehead atoms. The average Bonchev–Trinajstić information content (AvgIpc) is 2.87. The first kappa shape index (κ1) is 19.6. The number of benzene rings is 3. The SMILES string of the molecule is O=C(Nc1cccc([N+](=O)[O-])c1)c1ccc2nc3c4ncccc4c4cccnc4c3nc2c1. The van der Waals surface area contributed by atoms with E-state index >= 15 is 0 Å². The summed E-state index contributed by atoms with van der Waals surface area (Å²) in [5, 5.41) is 15.6. The number of pyridine rings is 2. The molecule has 0 radical (unpaired) electrons. The molecule has 0 aliphatic rings. The van der Waals surface area contributed by atoms with Crippen LogP contribution in [0.4, 0.5) is 11.4 Å². The molecule has 0 unspecified atom stereocenters. The van der Waals surface area contributed by atoms with Gasteiger partial charge in [0.15, 0.2) is 0 Å². The number of nitro benzene ring substituents is 1. The smallest absolute Gasteiger partial charge is 0.271 e. The summed E-state index contributed by atoms with van der Waals surface area (Å²) in [6.07, 6.45) is 3.43. The fraction of sp³-hybridized carbons (Fsp3) is 0. The molecule has 1 amide bonds. The van der Waals surface area contributed by atoms with Crippen LogP contribution in [0.3, 0.4) is 0 Å². The van der Waals surface area contributed by atoms with E-state index in [-0.39, 0.29) is 5.69 Å². The Kier molecular flexibility index (Phi) is 4.34. The van der Waals surface area contributed by atoms with Gasteiger partial charge >= 0.3 is 0 Å². The Bertz CT molecular complexity index is 1800. The lowest BCUT2D eigenvalue weighted by molar-refractivity contribution is -0.384. The highest BCUT2D eigenvalue weighted by atomic mass is 16.6. The second kappa shape index (κ2) is 7.52. The van der Waals surface area contributed by atoms with Crippen LogP contribution in [0.2, 0.25) is 0 Å². The standard InChI is InChI=1S/C25H14N6O3/c32-25(28-15-4-1-5-16(13-15)31(33)34)14-8-9-19-20(12-14)30-24-22-18(7-3-11-27-22)17-6-2-10-26-21(17)23(24)29-19/h1-13H,(H,28,32). The van der Waals surface area contributed by atoms with E-state index in [9.17, 15) is 14.9 Å². The summed E-state index contributed by atoms with van der Waals surface area (Å²) in [5.74, 6) is -0.410. The Morgan fingerprint density at radius 2 is 1.44 bits per heavy atom. The van der Waals surface area contributed by atoms with Crippen LogP contribution in [0.15, 0.2) is 79.1 Å². The molecule has 0 atom stereocenters. The van der Waals surface area contributed by atoms with E-state index in [1.165, 1.54) is 18.2 Å². The maximum Gasteiger partial charge on any atom is 0.271 e. The fourth-order valence-corrected chi connectivity index (χ4v) is 4.05. The van der Waals surface area contributed by atoms with Crippen LogP contribution < -0.4 is 5.32 Å². The lowest BCUT2D eigenvalue weighted by Crippen LogP contribution is -2.12. The van der Waals surface area contributed by atoms with E-state index in [2.05, 4.69) is 15.3 Å². The highest BCUT2D eigenvalue weighted by molar-refractivity contribution is 6.21. The molecule has 1 N–H and O–H groups in total. The lowest BCUT2D eigenvalue weighted by Gasteiger charge is -2.09. The third-order valence-electron chi connectivity index (χ3n) is 5.60. The number of fused-ring (bicyclic) bond motifs is 7. The molecule has 3 aromatic carbocycles. The predicted molar refractivity (Wildman–Crippen MR) is 129 cm³/mol. The van der Waals surface area contributed by atoms with Gasteiger partial charge in [0.1, 0.15) is 11.0 Å². The Morgan fingerprint density at radius 3 is 2.12 bits per heavy atom. The van der Waals surface area contributed by atoms with Gasteiger partial charge < -0.3 is 5.32 Å². The maximum absolute atomic E-state index is 12.8. The number of anilines is 1. The number of rotatable bonds is 3. The zero-order valence-corrected chi connectivity index (χ0v) is 17.5. The molecule has 0 aliphatic carbocycles. The van der Waals surface area contributed by atoms with Gasteiger partial charge in [0, 0.05) is 46.5 Å². The molecule has 0 aliphatic heterocycles. The summed E-state index contributed by atoms with van der Waals surface area (Å²) < 4.78 is 0. The molecule has 0 saturated carbocycles. The van der Waals surface area contributed by atoms with E-state index in [1.807, 2.05) is 24.3 Å². The summed E-state index contributed by atoms with van der Waals surface area (Å²) >= 11 is 0. The van der Waals surface area contributed by atoms with Crippen LogP contribution in [0.1, 0.15) is 10.4 Å². The van der Waals surface area contributed by atoms with E-state index in [0.717, 1.165) is 16.3 Å². The van der Waals surface area contributed by atoms with Gasteiger partial charge in [-0.2, -0.15) is 0 Å². The number of hydrogen-bond donors (Lipinski definition) is 1. The minimum atomic E-state index is -0.511. The normalized spacial score (nSPS) is 11.3. The van der Waals surface area contributed by atoms with Crippen molar-refractivity contribution in [3.8, 4) is 0 Å². The third kappa shape index (κ3) is 3.15. The number of nitrogens with one attached hydrogen (secondary N) is 1. The molecule has 9 heteroatoms. The number of carbonyl (C=O) groups excluding carboxylic acids is 1. The van der Waals surface area contributed by atoms with Crippen LogP contribution in [0.5, 0.6) is 0 Å². The molecule has 6 rings (SSSR count). The van der Waals surface area contributed by atoms with Gasteiger partial charge in [-0.25, -0.2) is 9.97 Å². The fourth-order valence-electron chi connectivity index (χ4n) is 4.05. The van der Waals surface area contributed by atoms with Gasteiger partial charge in [0.05, 0.1) is 27.0 Å². The van der Waals surface area contributed by atoms with Gasteiger partial charge in [-0.3, -0.25) is 24.9 Å². The van der Waals surface area contributed by atoms with E-state index in [1.54, 1.807) is 36.7 Å². The van der Waals surface area contributed by atoms with Gasteiger partial charge in [-0.05, 0) is 36.4 Å². The highest BCUT2D eigenvalue weighted by Gasteiger charge is 2.15. The van der Waals surface area contributed by atoms with Gasteiger partial charge in [-0.1, -0.05) is 18.2 Å². The number of nitro groups is 1. The summed E-state index contributed by atoms with van der Waals surface area (Å²) in [6.45, 7) is 0. The molecule has 9 nitrogen and oxygen atoms in total. The first-order valence-corrected chi connectivity index (χ1v) is 10.4. The zero-order chi connectivity index (χ0) is 23.2. The molecule has 34 heavy (non-hydrogen) atoms. The lowest BCUT2D eigenvalue weighted by atomic mass is 10.1. The van der Waals surface area contributed by atoms with E-state index in [0.29, 0.717) is 38.8 Å². The van der Waals surface area contributed by atoms with Crippen molar-refractivity contribution in [2.24, 2.45) is 0 Å². The maximum atomic E-state index is 12.8. The van der Waals surface area contributed by atoms with Gasteiger partial charge in [-0.15, -0.1) is 0 Å². The molecule has 0 fully saturated rings. The molecular weight excluding hydrogens is 432 g/mol. The Balaban J connectivity index is 1.49. The predicted octanol–water partition coefficient (Wildman–Crippen LogP) is 5.04. The Hall–Kier alpha value is -5.05. The molecule has 6 aromatic rings. The third-order valence-corrected chi connectivity index (χ3v) is 5.60. The summed E-state index contributed by atoms with van der Waals surface area (Å²) in [4.78, 5) is 42.0. The van der Waals surface area contributed by atoms with Crippen molar-refractivity contribution in [1.29, 1.82) is 0 Å². The number of aromatic nitrogens is 4. The number of hydrogen-bond acceptors (Lipinski definition) is 7. The van der Waals surface area contributed by atoms with Crippen LogP contribution in [-0.4, -0.2) is 30.8 Å². The molecule has 0 spiro atoms. The topological polar surface area (TPSA) is 124 Å².